The van der Waals surface area contributed by atoms with Crippen molar-refractivity contribution >= 4 is 5.78 Å². The van der Waals surface area contributed by atoms with Crippen molar-refractivity contribution in [1.82, 2.24) is 0 Å². The SMILES string of the molecule is C=C(CCO)CC1(O)C(=O)c2ccccc2-c2ccccc21. The molecule has 2 aromatic rings. The predicted molar refractivity (Wildman–Crippen MR) is 85.6 cm³/mol. The van der Waals surface area contributed by atoms with Crippen LogP contribution in [-0.2, 0) is 5.60 Å². The summed E-state index contributed by atoms with van der Waals surface area (Å²) in [6.07, 6.45) is 0.497. The molecule has 0 fully saturated rings. The van der Waals surface area contributed by atoms with Crippen molar-refractivity contribution in [3.63, 3.8) is 0 Å². The van der Waals surface area contributed by atoms with Gasteiger partial charge in [0.2, 0.25) is 0 Å². The number of rotatable bonds is 4. The minimum absolute atomic E-state index is 0.0403. The number of aliphatic hydroxyl groups excluding tert-OH is 1. The molecule has 0 bridgehead atoms. The number of hydrogen-bond donors (Lipinski definition) is 2. The average molecular weight is 294 g/mol. The second-order valence-corrected chi connectivity index (χ2v) is 5.68. The Morgan fingerprint density at radius 1 is 1.00 bits per heavy atom. The van der Waals surface area contributed by atoms with Gasteiger partial charge in [-0.3, -0.25) is 4.79 Å². The maximum absolute atomic E-state index is 12.9. The van der Waals surface area contributed by atoms with E-state index in [4.69, 9.17) is 5.11 Å². The van der Waals surface area contributed by atoms with Gasteiger partial charge in [0.05, 0.1) is 0 Å². The van der Waals surface area contributed by atoms with Crippen LogP contribution in [0.1, 0.15) is 28.8 Å². The molecule has 0 aromatic heterocycles. The number of Topliss-reactive ketones (excluding diaryl/α,β-unsaturated/α-hetero) is 1. The van der Waals surface area contributed by atoms with E-state index in [0.717, 1.165) is 11.1 Å². The highest BCUT2D eigenvalue weighted by atomic mass is 16.3. The van der Waals surface area contributed by atoms with Crippen LogP contribution in [-0.4, -0.2) is 22.6 Å². The van der Waals surface area contributed by atoms with Gasteiger partial charge in [-0.2, -0.15) is 0 Å². The van der Waals surface area contributed by atoms with E-state index in [0.29, 0.717) is 23.1 Å². The van der Waals surface area contributed by atoms with Gasteiger partial charge in [0, 0.05) is 18.6 Å². The zero-order valence-corrected chi connectivity index (χ0v) is 12.2. The standard InChI is InChI=1S/C19H18O3/c1-13(10-11-20)12-19(22)17-9-5-4-7-15(17)14-6-2-3-8-16(14)18(19)21/h2-9,20,22H,1,10-12H2. The molecule has 3 nitrogen and oxygen atoms in total. The monoisotopic (exact) mass is 294 g/mol. The van der Waals surface area contributed by atoms with Crippen molar-refractivity contribution in [2.75, 3.05) is 6.61 Å². The summed E-state index contributed by atoms with van der Waals surface area (Å²) in [4.78, 5) is 12.9. The molecule has 1 atom stereocenters. The molecule has 3 heteroatoms. The van der Waals surface area contributed by atoms with Gasteiger partial charge in [-0.25, -0.2) is 0 Å². The smallest absolute Gasteiger partial charge is 0.199 e. The lowest BCUT2D eigenvalue weighted by Crippen LogP contribution is -2.39. The molecule has 112 valence electrons. The van der Waals surface area contributed by atoms with Crippen molar-refractivity contribution in [2.45, 2.75) is 18.4 Å². The van der Waals surface area contributed by atoms with Gasteiger partial charge in [-0.1, -0.05) is 60.7 Å². The van der Waals surface area contributed by atoms with E-state index in [2.05, 4.69) is 6.58 Å². The summed E-state index contributed by atoms with van der Waals surface area (Å²) in [6.45, 7) is 3.83. The summed E-state index contributed by atoms with van der Waals surface area (Å²) >= 11 is 0. The third kappa shape index (κ3) is 2.19. The molecule has 0 radical (unpaired) electrons. The summed E-state index contributed by atoms with van der Waals surface area (Å²) in [5.74, 6) is -0.305. The zero-order valence-electron chi connectivity index (χ0n) is 12.2. The molecule has 1 aliphatic rings. The summed E-state index contributed by atoms with van der Waals surface area (Å²) in [5.41, 5.74) is 1.90. The number of benzene rings is 2. The van der Waals surface area contributed by atoms with Crippen molar-refractivity contribution in [2.24, 2.45) is 0 Å². The molecule has 1 aliphatic carbocycles. The molecule has 0 amide bonds. The summed E-state index contributed by atoms with van der Waals surface area (Å²) in [5, 5.41) is 20.2. The number of fused-ring (bicyclic) bond motifs is 3. The Labute approximate surface area is 129 Å². The minimum atomic E-state index is -1.61. The van der Waals surface area contributed by atoms with Crippen LogP contribution in [0.15, 0.2) is 60.7 Å². The summed E-state index contributed by atoms with van der Waals surface area (Å²) in [6, 6.07) is 14.7. The normalized spacial score (nSPS) is 19.5. The first kappa shape index (κ1) is 14.7. The van der Waals surface area contributed by atoms with Crippen LogP contribution in [0.2, 0.25) is 0 Å². The molecule has 0 saturated carbocycles. The van der Waals surface area contributed by atoms with E-state index in [-0.39, 0.29) is 18.8 Å². The van der Waals surface area contributed by atoms with E-state index in [1.807, 2.05) is 30.3 Å². The van der Waals surface area contributed by atoms with Gasteiger partial charge < -0.3 is 10.2 Å². The van der Waals surface area contributed by atoms with Crippen LogP contribution in [0, 0.1) is 0 Å². The summed E-state index contributed by atoms with van der Waals surface area (Å²) in [7, 11) is 0. The number of carbonyl (C=O) groups excluding carboxylic acids is 1. The van der Waals surface area contributed by atoms with Crippen molar-refractivity contribution < 1.29 is 15.0 Å². The molecular formula is C19H18O3. The zero-order chi connectivity index (χ0) is 15.7. The Kier molecular flexibility index (Phi) is 3.69. The maximum Gasteiger partial charge on any atom is 0.199 e. The van der Waals surface area contributed by atoms with Gasteiger partial charge in [-0.05, 0) is 23.1 Å². The quantitative estimate of drug-likeness (QED) is 0.852. The molecule has 2 N–H and O–H groups in total. The highest BCUT2D eigenvalue weighted by Gasteiger charge is 2.44. The molecule has 0 aliphatic heterocycles. The molecule has 0 spiro atoms. The van der Waals surface area contributed by atoms with E-state index in [9.17, 15) is 9.90 Å². The fourth-order valence-electron chi connectivity index (χ4n) is 3.12. The van der Waals surface area contributed by atoms with Crippen molar-refractivity contribution in [3.05, 3.63) is 71.8 Å². The lowest BCUT2D eigenvalue weighted by molar-refractivity contribution is 0.0288. The molecular weight excluding hydrogens is 276 g/mol. The van der Waals surface area contributed by atoms with Crippen molar-refractivity contribution in [3.8, 4) is 11.1 Å². The van der Waals surface area contributed by atoms with Gasteiger partial charge >= 0.3 is 0 Å². The van der Waals surface area contributed by atoms with E-state index in [1.165, 1.54) is 0 Å². The maximum atomic E-state index is 12.9. The minimum Gasteiger partial charge on any atom is -0.396 e. The van der Waals surface area contributed by atoms with Crippen LogP contribution in [0.3, 0.4) is 0 Å². The van der Waals surface area contributed by atoms with Gasteiger partial charge in [0.25, 0.3) is 0 Å². The first-order chi connectivity index (χ1) is 10.6. The van der Waals surface area contributed by atoms with E-state index >= 15 is 0 Å². The molecule has 1 unspecified atom stereocenters. The molecule has 22 heavy (non-hydrogen) atoms. The van der Waals surface area contributed by atoms with Crippen LogP contribution in [0.25, 0.3) is 11.1 Å². The molecule has 0 saturated heterocycles. The second kappa shape index (κ2) is 5.52. The number of ketones is 1. The fourth-order valence-corrected chi connectivity index (χ4v) is 3.12. The number of aliphatic hydroxyl groups is 2. The Bertz CT molecular complexity index is 748. The first-order valence-electron chi connectivity index (χ1n) is 7.31. The van der Waals surface area contributed by atoms with E-state index in [1.54, 1.807) is 18.2 Å². The third-order valence-electron chi connectivity index (χ3n) is 4.18. The Hall–Kier alpha value is -2.23. The van der Waals surface area contributed by atoms with Crippen LogP contribution in [0.4, 0.5) is 0 Å². The Morgan fingerprint density at radius 2 is 1.59 bits per heavy atom. The lowest BCUT2D eigenvalue weighted by atomic mass is 9.72. The topological polar surface area (TPSA) is 57.5 Å². The average Bonchev–Trinajstić information content (AvgIpc) is 2.53. The third-order valence-corrected chi connectivity index (χ3v) is 4.18. The molecule has 3 rings (SSSR count). The summed E-state index contributed by atoms with van der Waals surface area (Å²) < 4.78 is 0. The van der Waals surface area contributed by atoms with E-state index < -0.39 is 5.60 Å². The predicted octanol–water partition coefficient (Wildman–Crippen LogP) is 3.07. The van der Waals surface area contributed by atoms with Gasteiger partial charge in [-0.15, -0.1) is 0 Å². The number of hydrogen-bond acceptors (Lipinski definition) is 3. The first-order valence-corrected chi connectivity index (χ1v) is 7.31. The Balaban J connectivity index is 2.17. The molecule has 0 heterocycles. The largest absolute Gasteiger partial charge is 0.396 e. The van der Waals surface area contributed by atoms with Crippen LogP contribution < -0.4 is 0 Å². The molecule has 2 aromatic carbocycles. The van der Waals surface area contributed by atoms with Crippen molar-refractivity contribution in [1.29, 1.82) is 0 Å². The Morgan fingerprint density at radius 3 is 2.27 bits per heavy atom. The lowest BCUT2D eigenvalue weighted by Gasteiger charge is -2.34. The highest BCUT2D eigenvalue weighted by molar-refractivity contribution is 6.11. The fraction of sp³-hybridized carbons (Fsp3) is 0.211. The van der Waals surface area contributed by atoms with Crippen LogP contribution in [0.5, 0.6) is 0 Å². The second-order valence-electron chi connectivity index (χ2n) is 5.68. The van der Waals surface area contributed by atoms with Crippen LogP contribution >= 0.6 is 0 Å². The van der Waals surface area contributed by atoms with Gasteiger partial charge in [0.1, 0.15) is 0 Å². The van der Waals surface area contributed by atoms with Gasteiger partial charge in [0.15, 0.2) is 11.4 Å². The number of carbonyl (C=O) groups is 1. The highest BCUT2D eigenvalue weighted by Crippen LogP contribution is 2.44.